The van der Waals surface area contributed by atoms with Crippen LogP contribution in [0.3, 0.4) is 0 Å². The second kappa shape index (κ2) is 10.1. The van der Waals surface area contributed by atoms with Crippen LogP contribution in [0.1, 0.15) is 24.0 Å². The van der Waals surface area contributed by atoms with Crippen molar-refractivity contribution in [1.82, 2.24) is 20.7 Å². The Hall–Kier alpha value is -4.66. The number of likely N-dealkylation sites (tertiary alicyclic amines) is 1. The van der Waals surface area contributed by atoms with E-state index in [9.17, 15) is 19.2 Å². The summed E-state index contributed by atoms with van der Waals surface area (Å²) >= 11 is 0. The molecule has 1 unspecified atom stereocenters. The smallest absolute Gasteiger partial charge is 0.324 e. The first-order valence-corrected chi connectivity index (χ1v) is 12.2. The molecular formula is C28H27N5O4. The molecule has 2 aliphatic heterocycles. The van der Waals surface area contributed by atoms with Crippen LogP contribution >= 0.6 is 0 Å². The van der Waals surface area contributed by atoms with Crippen LogP contribution in [-0.2, 0) is 15.1 Å². The van der Waals surface area contributed by atoms with Gasteiger partial charge in [0.15, 0.2) is 5.54 Å². The van der Waals surface area contributed by atoms with Crippen molar-refractivity contribution in [2.24, 2.45) is 5.92 Å². The van der Waals surface area contributed by atoms with E-state index in [2.05, 4.69) is 16.1 Å². The first-order valence-electron chi connectivity index (χ1n) is 12.2. The van der Waals surface area contributed by atoms with E-state index < -0.39 is 29.3 Å². The number of para-hydroxylation sites is 1. The van der Waals surface area contributed by atoms with Gasteiger partial charge < -0.3 is 15.5 Å². The summed E-state index contributed by atoms with van der Waals surface area (Å²) in [7, 11) is 0. The molecule has 0 bridgehead atoms. The zero-order chi connectivity index (χ0) is 25.8. The fourth-order valence-corrected chi connectivity index (χ4v) is 4.87. The molecule has 3 aromatic carbocycles. The van der Waals surface area contributed by atoms with E-state index in [1.807, 2.05) is 30.3 Å². The molecule has 37 heavy (non-hydrogen) atoms. The van der Waals surface area contributed by atoms with E-state index in [0.717, 1.165) is 5.01 Å². The van der Waals surface area contributed by atoms with Gasteiger partial charge in [0.05, 0.1) is 5.92 Å². The Morgan fingerprint density at radius 2 is 1.41 bits per heavy atom. The van der Waals surface area contributed by atoms with Gasteiger partial charge in [-0.2, -0.15) is 5.01 Å². The molecule has 0 aliphatic carbocycles. The summed E-state index contributed by atoms with van der Waals surface area (Å²) < 4.78 is 0. The maximum atomic E-state index is 13.8. The monoisotopic (exact) mass is 497 g/mol. The summed E-state index contributed by atoms with van der Waals surface area (Å²) in [6, 6.07) is 25.9. The SMILES string of the molecule is O=C(NN1C(=O)NC(c2ccccc2)(c2ccccc2)C1=O)C1CCCN(C(=O)Nc2ccccc2)C1. The fourth-order valence-electron chi connectivity index (χ4n) is 4.87. The molecule has 3 N–H and O–H groups in total. The highest BCUT2D eigenvalue weighted by atomic mass is 16.2. The van der Waals surface area contributed by atoms with Crippen LogP contribution in [0.4, 0.5) is 15.3 Å². The summed E-state index contributed by atoms with van der Waals surface area (Å²) in [6.45, 7) is 0.688. The van der Waals surface area contributed by atoms with E-state index >= 15 is 0 Å². The van der Waals surface area contributed by atoms with Crippen molar-refractivity contribution in [3.05, 3.63) is 102 Å². The molecule has 9 heteroatoms. The highest BCUT2D eigenvalue weighted by molar-refractivity contribution is 6.10. The number of hydrazine groups is 1. The van der Waals surface area contributed by atoms with Gasteiger partial charge in [0.1, 0.15) is 0 Å². The van der Waals surface area contributed by atoms with Gasteiger partial charge in [-0.25, -0.2) is 9.59 Å². The number of carbonyl (C=O) groups excluding carboxylic acids is 4. The van der Waals surface area contributed by atoms with Crippen LogP contribution in [0, 0.1) is 5.92 Å². The minimum absolute atomic E-state index is 0.177. The molecule has 0 spiro atoms. The average molecular weight is 498 g/mol. The van der Waals surface area contributed by atoms with Crippen LogP contribution in [0.15, 0.2) is 91.0 Å². The lowest BCUT2D eigenvalue weighted by Gasteiger charge is -2.32. The first-order chi connectivity index (χ1) is 18.0. The highest BCUT2D eigenvalue weighted by Crippen LogP contribution is 2.35. The van der Waals surface area contributed by atoms with Crippen LogP contribution < -0.4 is 16.1 Å². The Bertz CT molecular complexity index is 1260. The number of carbonyl (C=O) groups is 4. The van der Waals surface area contributed by atoms with E-state index in [4.69, 9.17) is 0 Å². The molecule has 3 aromatic rings. The minimum Gasteiger partial charge on any atom is -0.324 e. The normalized spacial score (nSPS) is 18.8. The maximum absolute atomic E-state index is 13.8. The predicted molar refractivity (Wildman–Crippen MR) is 137 cm³/mol. The lowest BCUT2D eigenvalue weighted by molar-refractivity contribution is -0.140. The van der Waals surface area contributed by atoms with Crippen molar-refractivity contribution in [2.45, 2.75) is 18.4 Å². The number of piperidine rings is 1. The van der Waals surface area contributed by atoms with Crippen molar-refractivity contribution >= 4 is 29.6 Å². The third-order valence-corrected chi connectivity index (χ3v) is 6.76. The van der Waals surface area contributed by atoms with Gasteiger partial charge in [0, 0.05) is 18.8 Å². The Morgan fingerprint density at radius 1 is 0.838 bits per heavy atom. The first kappa shape index (κ1) is 24.1. The van der Waals surface area contributed by atoms with Gasteiger partial charge in [-0.15, -0.1) is 0 Å². The van der Waals surface area contributed by atoms with E-state index in [0.29, 0.717) is 36.2 Å². The molecule has 9 nitrogen and oxygen atoms in total. The molecule has 0 radical (unpaired) electrons. The number of amides is 6. The summed E-state index contributed by atoms with van der Waals surface area (Å²) in [6.07, 6.45) is 1.16. The number of nitrogens with zero attached hydrogens (tertiary/aromatic N) is 2. The number of urea groups is 2. The number of hydrogen-bond acceptors (Lipinski definition) is 4. The fraction of sp³-hybridized carbons (Fsp3) is 0.214. The zero-order valence-electron chi connectivity index (χ0n) is 20.1. The number of imide groups is 1. The van der Waals surface area contributed by atoms with E-state index in [1.165, 1.54) is 0 Å². The molecule has 2 fully saturated rings. The Balaban J connectivity index is 1.32. The molecular weight excluding hydrogens is 470 g/mol. The van der Waals surface area contributed by atoms with Crippen molar-refractivity contribution in [3.8, 4) is 0 Å². The van der Waals surface area contributed by atoms with Crippen molar-refractivity contribution in [3.63, 3.8) is 0 Å². The standard InChI is InChI=1S/C28H27N5O4/c34-24(20-11-10-18-32(19-20)26(36)29-23-16-8-3-9-17-23)31-33-25(35)28(30-27(33)37,21-12-4-1-5-13-21)22-14-6-2-7-15-22/h1-9,12-17,20H,10-11,18-19H2,(H,29,36)(H,30,37)(H,31,34). The van der Waals surface area contributed by atoms with Crippen LogP contribution in [0.25, 0.3) is 0 Å². The average Bonchev–Trinajstić information content (AvgIpc) is 3.20. The van der Waals surface area contributed by atoms with Crippen LogP contribution in [0.5, 0.6) is 0 Å². The summed E-state index contributed by atoms with van der Waals surface area (Å²) in [5, 5.41) is 6.40. The molecule has 2 heterocycles. The topological polar surface area (TPSA) is 111 Å². The molecule has 2 aliphatic rings. The number of rotatable bonds is 5. The Morgan fingerprint density at radius 3 is 2.00 bits per heavy atom. The minimum atomic E-state index is -1.47. The van der Waals surface area contributed by atoms with E-state index in [-0.39, 0.29) is 12.6 Å². The van der Waals surface area contributed by atoms with Crippen LogP contribution in [0.2, 0.25) is 0 Å². The third-order valence-electron chi connectivity index (χ3n) is 6.76. The quantitative estimate of drug-likeness (QED) is 0.469. The molecule has 1 atom stereocenters. The number of anilines is 1. The lowest BCUT2D eigenvalue weighted by atomic mass is 9.83. The Labute approximate surface area is 214 Å². The van der Waals surface area contributed by atoms with Gasteiger partial charge in [-0.3, -0.25) is 15.0 Å². The molecule has 188 valence electrons. The number of hydrogen-bond donors (Lipinski definition) is 3. The second-order valence-electron chi connectivity index (χ2n) is 9.11. The summed E-state index contributed by atoms with van der Waals surface area (Å²) in [4.78, 5) is 54.4. The van der Waals surface area contributed by atoms with Crippen molar-refractivity contribution in [2.75, 3.05) is 18.4 Å². The Kier molecular flexibility index (Phi) is 6.59. The number of nitrogens with one attached hydrogen (secondary N) is 3. The summed E-state index contributed by atoms with van der Waals surface area (Å²) in [5.74, 6) is -1.66. The van der Waals surface area contributed by atoms with Gasteiger partial charge in [-0.05, 0) is 36.1 Å². The molecule has 6 amide bonds. The van der Waals surface area contributed by atoms with E-state index in [1.54, 1.807) is 65.6 Å². The lowest BCUT2D eigenvalue weighted by Crippen LogP contribution is -2.53. The summed E-state index contributed by atoms with van der Waals surface area (Å²) in [5.41, 5.74) is 2.88. The van der Waals surface area contributed by atoms with Crippen molar-refractivity contribution in [1.29, 1.82) is 0 Å². The molecule has 5 rings (SSSR count). The molecule has 2 saturated heterocycles. The van der Waals surface area contributed by atoms with Crippen LogP contribution in [-0.4, -0.2) is 46.9 Å². The number of benzene rings is 3. The molecule has 0 saturated carbocycles. The van der Waals surface area contributed by atoms with Gasteiger partial charge in [-0.1, -0.05) is 78.9 Å². The maximum Gasteiger partial charge on any atom is 0.344 e. The van der Waals surface area contributed by atoms with Crippen molar-refractivity contribution < 1.29 is 19.2 Å². The van der Waals surface area contributed by atoms with Gasteiger partial charge in [0.25, 0.3) is 5.91 Å². The predicted octanol–water partition coefficient (Wildman–Crippen LogP) is 3.46. The van der Waals surface area contributed by atoms with Gasteiger partial charge >= 0.3 is 12.1 Å². The second-order valence-corrected chi connectivity index (χ2v) is 9.11. The third kappa shape index (κ3) is 4.63. The zero-order valence-corrected chi connectivity index (χ0v) is 20.1. The molecule has 0 aromatic heterocycles. The van der Waals surface area contributed by atoms with Gasteiger partial charge in [0.2, 0.25) is 5.91 Å². The highest BCUT2D eigenvalue weighted by Gasteiger charge is 2.54. The largest absolute Gasteiger partial charge is 0.344 e.